The highest BCUT2D eigenvalue weighted by molar-refractivity contribution is 7.86. The topological polar surface area (TPSA) is 71.9 Å². The molecular weight excluding hydrogens is 463 g/mol. The number of aromatic amines is 1. The van der Waals surface area contributed by atoms with Gasteiger partial charge in [-0.2, -0.15) is 8.42 Å². The van der Waals surface area contributed by atoms with Crippen molar-refractivity contribution in [2.24, 2.45) is 0 Å². The minimum Gasteiger partial charge on any atom is -0.340 e. The Hall–Kier alpha value is -3.89. The molecule has 0 aliphatic heterocycles. The predicted molar refractivity (Wildman–Crippen MR) is 137 cm³/mol. The van der Waals surface area contributed by atoms with Gasteiger partial charge in [0.1, 0.15) is 5.65 Å². The number of fused-ring (bicyclic) bond motifs is 4. The van der Waals surface area contributed by atoms with Crippen LogP contribution in [0.3, 0.4) is 0 Å². The first-order valence-corrected chi connectivity index (χ1v) is 12.9. The number of halogens is 1. The Morgan fingerprint density at radius 1 is 1.11 bits per heavy atom. The second-order valence-electron chi connectivity index (χ2n) is 9.03. The van der Waals surface area contributed by atoms with Crippen LogP contribution in [-0.2, 0) is 16.6 Å². The minimum absolute atomic E-state index is 0.0621. The maximum Gasteiger partial charge on any atom is 0.332 e. The zero-order valence-electron chi connectivity index (χ0n) is 18.9. The summed E-state index contributed by atoms with van der Waals surface area (Å²) in [5.74, 6) is 2.64. The van der Waals surface area contributed by atoms with Crippen LogP contribution in [-0.4, -0.2) is 18.0 Å². The summed E-state index contributed by atoms with van der Waals surface area (Å²) in [6.45, 7) is 1.98. The molecule has 174 valence electrons. The number of H-pyrrole nitrogens is 1. The summed E-state index contributed by atoms with van der Waals surface area (Å²) in [5, 5.41) is 2.09. The number of terminal acetylenes is 1. The van der Waals surface area contributed by atoms with E-state index in [1.165, 1.54) is 18.2 Å². The van der Waals surface area contributed by atoms with Crippen LogP contribution in [0.15, 0.2) is 64.3 Å². The number of aromatic nitrogens is 2. The van der Waals surface area contributed by atoms with Crippen molar-refractivity contribution >= 4 is 43.1 Å². The summed E-state index contributed by atoms with van der Waals surface area (Å²) in [5.41, 5.74) is 5.27. The largest absolute Gasteiger partial charge is 0.340 e. The van der Waals surface area contributed by atoms with Crippen molar-refractivity contribution in [1.29, 1.82) is 0 Å². The lowest BCUT2D eigenvalue weighted by Gasteiger charge is -2.16. The molecule has 0 atom stereocenters. The molecule has 6 rings (SSSR count). The molecule has 1 aliphatic rings. The van der Waals surface area contributed by atoms with Crippen LogP contribution in [0.1, 0.15) is 36.9 Å². The molecule has 5 aromatic rings. The summed E-state index contributed by atoms with van der Waals surface area (Å²) >= 11 is 0. The van der Waals surface area contributed by atoms with Gasteiger partial charge in [0.2, 0.25) is 0 Å². The molecule has 2 heterocycles. The van der Waals surface area contributed by atoms with Crippen molar-refractivity contribution in [1.82, 2.24) is 9.55 Å². The van der Waals surface area contributed by atoms with Gasteiger partial charge in [-0.1, -0.05) is 31.0 Å². The second kappa shape index (κ2) is 7.56. The number of nitrogens with zero attached hydrogens (tertiary/aromatic N) is 1. The van der Waals surface area contributed by atoms with Crippen LogP contribution >= 0.6 is 0 Å². The SMILES string of the molecule is C#Cc1ccc2c(c1)[nH]c1c2c(=O)c2cc(CC)c(-c3cccc(S(=O)(=O)F)c3)cc2n1C1CC1. The molecule has 3 aromatic carbocycles. The van der Waals surface area contributed by atoms with E-state index < -0.39 is 10.2 Å². The van der Waals surface area contributed by atoms with Gasteiger partial charge in [-0.05, 0) is 72.4 Å². The molecule has 0 spiro atoms. The third kappa shape index (κ3) is 3.36. The molecule has 0 radical (unpaired) electrons. The molecule has 7 heteroatoms. The lowest BCUT2D eigenvalue weighted by Crippen LogP contribution is -2.11. The van der Waals surface area contributed by atoms with Gasteiger partial charge >= 0.3 is 10.2 Å². The average Bonchev–Trinajstić information content (AvgIpc) is 3.62. The van der Waals surface area contributed by atoms with E-state index in [2.05, 4.69) is 15.5 Å². The van der Waals surface area contributed by atoms with Crippen molar-refractivity contribution in [2.45, 2.75) is 37.1 Å². The predicted octanol–water partition coefficient (Wildman–Crippen LogP) is 5.84. The van der Waals surface area contributed by atoms with E-state index in [1.807, 2.05) is 37.3 Å². The van der Waals surface area contributed by atoms with Gasteiger partial charge < -0.3 is 9.55 Å². The molecule has 2 aromatic heterocycles. The van der Waals surface area contributed by atoms with Crippen LogP contribution < -0.4 is 5.43 Å². The molecule has 0 bridgehead atoms. The van der Waals surface area contributed by atoms with E-state index in [4.69, 9.17) is 6.42 Å². The Morgan fingerprint density at radius 3 is 2.60 bits per heavy atom. The van der Waals surface area contributed by atoms with Crippen molar-refractivity contribution in [3.05, 3.63) is 75.9 Å². The average molecular weight is 485 g/mol. The van der Waals surface area contributed by atoms with Gasteiger partial charge in [0.05, 0.1) is 15.8 Å². The van der Waals surface area contributed by atoms with E-state index >= 15 is 0 Å². The van der Waals surface area contributed by atoms with Crippen molar-refractivity contribution in [2.75, 3.05) is 0 Å². The third-order valence-electron chi connectivity index (χ3n) is 6.86. The van der Waals surface area contributed by atoms with Crippen molar-refractivity contribution < 1.29 is 12.3 Å². The molecule has 1 aliphatic carbocycles. The molecular formula is C28H21FN2O3S. The monoisotopic (exact) mass is 484 g/mol. The summed E-state index contributed by atoms with van der Waals surface area (Å²) < 4.78 is 39.0. The van der Waals surface area contributed by atoms with Gasteiger partial charge in [-0.25, -0.2) is 0 Å². The number of hydrogen-bond acceptors (Lipinski definition) is 3. The smallest absolute Gasteiger partial charge is 0.332 e. The van der Waals surface area contributed by atoms with E-state index in [-0.39, 0.29) is 16.4 Å². The summed E-state index contributed by atoms with van der Waals surface area (Å²) in [6, 6.07) is 15.6. The lowest BCUT2D eigenvalue weighted by atomic mass is 9.95. The Bertz CT molecular complexity index is 1910. The fourth-order valence-electron chi connectivity index (χ4n) is 5.04. The molecule has 1 saturated carbocycles. The first-order chi connectivity index (χ1) is 16.8. The fraction of sp³-hybridized carbons (Fsp3) is 0.179. The van der Waals surface area contributed by atoms with E-state index in [9.17, 15) is 17.1 Å². The third-order valence-corrected chi connectivity index (χ3v) is 7.68. The Kier molecular flexibility index (Phi) is 4.67. The fourth-order valence-corrected chi connectivity index (χ4v) is 5.55. The van der Waals surface area contributed by atoms with Crippen molar-refractivity contribution in [3.63, 3.8) is 0 Å². The molecule has 0 amide bonds. The lowest BCUT2D eigenvalue weighted by molar-refractivity contribution is 0.552. The molecule has 0 unspecified atom stereocenters. The van der Waals surface area contributed by atoms with Gasteiger partial charge in [0.25, 0.3) is 0 Å². The molecule has 5 nitrogen and oxygen atoms in total. The van der Waals surface area contributed by atoms with Gasteiger partial charge in [0, 0.05) is 27.9 Å². The minimum atomic E-state index is -4.84. The first-order valence-electron chi connectivity index (χ1n) is 11.5. The van der Waals surface area contributed by atoms with Crippen LogP contribution in [0, 0.1) is 12.3 Å². The summed E-state index contributed by atoms with van der Waals surface area (Å²) in [6.07, 6.45) is 8.20. The number of rotatable bonds is 4. The zero-order chi connectivity index (χ0) is 24.5. The Balaban J connectivity index is 1.73. The number of benzene rings is 3. The highest BCUT2D eigenvalue weighted by Crippen LogP contribution is 2.42. The van der Waals surface area contributed by atoms with Gasteiger partial charge in [0.15, 0.2) is 5.43 Å². The highest BCUT2D eigenvalue weighted by Gasteiger charge is 2.29. The highest BCUT2D eigenvalue weighted by atomic mass is 32.3. The molecule has 0 saturated heterocycles. The van der Waals surface area contributed by atoms with Crippen LogP contribution in [0.2, 0.25) is 0 Å². The maximum absolute atomic E-state index is 13.8. The number of pyridine rings is 1. The maximum atomic E-state index is 13.8. The van der Waals surface area contributed by atoms with E-state index in [0.717, 1.165) is 51.6 Å². The van der Waals surface area contributed by atoms with E-state index in [1.54, 1.807) is 6.07 Å². The number of aryl methyl sites for hydroxylation is 1. The molecule has 35 heavy (non-hydrogen) atoms. The van der Waals surface area contributed by atoms with Crippen molar-refractivity contribution in [3.8, 4) is 23.5 Å². The molecule has 1 N–H and O–H groups in total. The normalized spacial score (nSPS) is 14.1. The van der Waals surface area contributed by atoms with Gasteiger partial charge in [-0.15, -0.1) is 10.3 Å². The van der Waals surface area contributed by atoms with Crippen LogP contribution in [0.5, 0.6) is 0 Å². The molecule has 1 fully saturated rings. The van der Waals surface area contributed by atoms with Gasteiger partial charge in [-0.3, -0.25) is 4.79 Å². The number of nitrogens with one attached hydrogen (secondary N) is 1. The number of hydrogen-bond donors (Lipinski definition) is 1. The summed E-state index contributed by atoms with van der Waals surface area (Å²) in [7, 11) is -4.84. The van der Waals surface area contributed by atoms with Crippen LogP contribution in [0.4, 0.5) is 3.89 Å². The second-order valence-corrected chi connectivity index (χ2v) is 10.4. The first kappa shape index (κ1) is 21.6. The Morgan fingerprint density at radius 2 is 1.91 bits per heavy atom. The standard InChI is InChI=1S/C28H21FN2O3S/c1-3-16-8-11-21-24(12-16)30-28-26(21)27(32)23-14-17(4-2)22(15-25(23)31(28)19-9-10-19)18-6-5-7-20(13-18)35(29,33)34/h1,5-8,11-15,19,30H,4,9-10H2,2H3. The van der Waals surface area contributed by atoms with Crippen LogP contribution in [0.25, 0.3) is 44.0 Å². The Labute approximate surface area is 201 Å². The van der Waals surface area contributed by atoms with E-state index in [0.29, 0.717) is 22.8 Å². The summed E-state index contributed by atoms with van der Waals surface area (Å²) in [4.78, 5) is 16.9. The quantitative estimate of drug-likeness (QED) is 0.257. The zero-order valence-corrected chi connectivity index (χ0v) is 19.7.